The fourth-order valence-corrected chi connectivity index (χ4v) is 2.83. The van der Waals surface area contributed by atoms with Crippen LogP contribution in [0.5, 0.6) is 0 Å². The summed E-state index contributed by atoms with van der Waals surface area (Å²) in [6.07, 6.45) is 2.68. The molecular formula is C12H24N2O. The van der Waals surface area contributed by atoms with Gasteiger partial charge in [-0.1, -0.05) is 6.92 Å². The third-order valence-electron chi connectivity index (χ3n) is 3.99. The van der Waals surface area contributed by atoms with Crippen molar-refractivity contribution in [3.8, 4) is 0 Å². The van der Waals surface area contributed by atoms with E-state index in [4.69, 9.17) is 10.5 Å². The van der Waals surface area contributed by atoms with Crippen molar-refractivity contribution in [3.05, 3.63) is 0 Å². The predicted octanol–water partition coefficient (Wildman–Crippen LogP) is 1.08. The molecule has 4 atom stereocenters. The maximum atomic E-state index is 6.02. The van der Waals surface area contributed by atoms with Crippen molar-refractivity contribution < 1.29 is 4.74 Å². The molecule has 15 heavy (non-hydrogen) atoms. The zero-order valence-corrected chi connectivity index (χ0v) is 9.98. The van der Waals surface area contributed by atoms with Crippen LogP contribution in [0.25, 0.3) is 0 Å². The first kappa shape index (κ1) is 11.4. The topological polar surface area (TPSA) is 38.5 Å². The van der Waals surface area contributed by atoms with Gasteiger partial charge in [0.25, 0.3) is 0 Å². The van der Waals surface area contributed by atoms with E-state index in [1.807, 2.05) is 0 Å². The molecule has 0 aliphatic carbocycles. The van der Waals surface area contributed by atoms with E-state index in [0.29, 0.717) is 5.92 Å². The van der Waals surface area contributed by atoms with Gasteiger partial charge in [-0.3, -0.25) is 0 Å². The molecule has 4 unspecified atom stereocenters. The molecule has 3 nitrogen and oxygen atoms in total. The van der Waals surface area contributed by atoms with E-state index in [1.54, 1.807) is 0 Å². The molecule has 0 spiro atoms. The Hall–Kier alpha value is -0.120. The standard InChI is InChI=1S/C12H24N2O/c1-9-3-4-14(10(2)5-9)6-11-7-15-8-12(11)13/h9-12H,3-8,13H2,1-2H3. The van der Waals surface area contributed by atoms with Gasteiger partial charge in [0.15, 0.2) is 0 Å². The first-order valence-electron chi connectivity index (χ1n) is 6.24. The molecule has 2 saturated heterocycles. The number of hydrogen-bond acceptors (Lipinski definition) is 3. The summed E-state index contributed by atoms with van der Waals surface area (Å²) in [5, 5.41) is 0. The number of ether oxygens (including phenoxy) is 1. The number of likely N-dealkylation sites (tertiary alicyclic amines) is 1. The van der Waals surface area contributed by atoms with Gasteiger partial charge in [-0.2, -0.15) is 0 Å². The Bertz CT molecular complexity index is 210. The second-order valence-electron chi connectivity index (χ2n) is 5.43. The monoisotopic (exact) mass is 212 g/mol. The highest BCUT2D eigenvalue weighted by Crippen LogP contribution is 2.24. The molecule has 2 fully saturated rings. The number of nitrogens with two attached hydrogens (primary N) is 1. The number of rotatable bonds is 2. The Morgan fingerprint density at radius 2 is 2.13 bits per heavy atom. The van der Waals surface area contributed by atoms with Crippen molar-refractivity contribution in [3.63, 3.8) is 0 Å². The fraction of sp³-hybridized carbons (Fsp3) is 1.00. The quantitative estimate of drug-likeness (QED) is 0.744. The molecule has 2 aliphatic rings. The minimum absolute atomic E-state index is 0.261. The summed E-state index contributed by atoms with van der Waals surface area (Å²) < 4.78 is 5.42. The third-order valence-corrected chi connectivity index (χ3v) is 3.99. The van der Waals surface area contributed by atoms with Crippen molar-refractivity contribution in [1.82, 2.24) is 4.90 Å². The molecule has 0 amide bonds. The lowest BCUT2D eigenvalue weighted by Crippen LogP contribution is -2.46. The van der Waals surface area contributed by atoms with E-state index in [1.165, 1.54) is 19.4 Å². The predicted molar refractivity (Wildman–Crippen MR) is 61.7 cm³/mol. The van der Waals surface area contributed by atoms with Crippen molar-refractivity contribution in [1.29, 1.82) is 0 Å². The molecule has 0 aromatic carbocycles. The fourth-order valence-electron chi connectivity index (χ4n) is 2.83. The minimum Gasteiger partial charge on any atom is -0.379 e. The van der Waals surface area contributed by atoms with Gasteiger partial charge in [0, 0.05) is 24.5 Å². The summed E-state index contributed by atoms with van der Waals surface area (Å²) in [6, 6.07) is 0.984. The summed E-state index contributed by atoms with van der Waals surface area (Å²) in [4.78, 5) is 2.60. The molecule has 0 aromatic rings. The average molecular weight is 212 g/mol. The molecular weight excluding hydrogens is 188 g/mol. The first-order chi connectivity index (χ1) is 7.16. The van der Waals surface area contributed by atoms with E-state index in [9.17, 15) is 0 Å². The molecule has 88 valence electrons. The second kappa shape index (κ2) is 4.81. The summed E-state index contributed by atoms with van der Waals surface area (Å²) in [5.41, 5.74) is 6.02. The largest absolute Gasteiger partial charge is 0.379 e. The smallest absolute Gasteiger partial charge is 0.0621 e. The summed E-state index contributed by atoms with van der Waals surface area (Å²) in [6.45, 7) is 8.69. The van der Waals surface area contributed by atoms with E-state index in [-0.39, 0.29) is 6.04 Å². The molecule has 3 heteroatoms. The lowest BCUT2D eigenvalue weighted by Gasteiger charge is -2.38. The minimum atomic E-state index is 0.261. The molecule has 0 saturated carbocycles. The van der Waals surface area contributed by atoms with Gasteiger partial charge in [0.05, 0.1) is 13.2 Å². The number of nitrogens with zero attached hydrogens (tertiary/aromatic N) is 1. The number of hydrogen-bond donors (Lipinski definition) is 1. The Kier molecular flexibility index (Phi) is 3.65. The Morgan fingerprint density at radius 1 is 1.33 bits per heavy atom. The van der Waals surface area contributed by atoms with Crippen LogP contribution in [0, 0.1) is 11.8 Å². The van der Waals surface area contributed by atoms with Gasteiger partial charge < -0.3 is 15.4 Å². The van der Waals surface area contributed by atoms with E-state index in [2.05, 4.69) is 18.7 Å². The highest BCUT2D eigenvalue weighted by Gasteiger charge is 2.30. The Balaban J connectivity index is 1.83. The summed E-state index contributed by atoms with van der Waals surface area (Å²) in [5.74, 6) is 1.45. The van der Waals surface area contributed by atoms with Crippen molar-refractivity contribution in [2.24, 2.45) is 17.6 Å². The third kappa shape index (κ3) is 2.71. The van der Waals surface area contributed by atoms with Gasteiger partial charge in [-0.05, 0) is 32.2 Å². The van der Waals surface area contributed by atoms with Crippen LogP contribution < -0.4 is 5.73 Å². The van der Waals surface area contributed by atoms with E-state index >= 15 is 0 Å². The van der Waals surface area contributed by atoms with E-state index < -0.39 is 0 Å². The molecule has 0 radical (unpaired) electrons. The first-order valence-corrected chi connectivity index (χ1v) is 6.24. The molecule has 2 N–H and O–H groups in total. The maximum Gasteiger partial charge on any atom is 0.0621 e. The van der Waals surface area contributed by atoms with Crippen molar-refractivity contribution in [2.45, 2.75) is 38.8 Å². The maximum absolute atomic E-state index is 6.02. The zero-order chi connectivity index (χ0) is 10.8. The zero-order valence-electron chi connectivity index (χ0n) is 9.98. The van der Waals surface area contributed by atoms with Crippen molar-refractivity contribution >= 4 is 0 Å². The average Bonchev–Trinajstić information content (AvgIpc) is 2.57. The molecule has 2 heterocycles. The van der Waals surface area contributed by atoms with E-state index in [0.717, 1.165) is 31.7 Å². The molecule has 2 rings (SSSR count). The van der Waals surface area contributed by atoms with Crippen LogP contribution in [0.3, 0.4) is 0 Å². The van der Waals surface area contributed by atoms with Crippen LogP contribution in [-0.4, -0.2) is 43.3 Å². The SMILES string of the molecule is CC1CCN(CC2COCC2N)C(C)C1. The van der Waals surface area contributed by atoms with Crippen molar-refractivity contribution in [2.75, 3.05) is 26.3 Å². The van der Waals surface area contributed by atoms with Gasteiger partial charge in [-0.25, -0.2) is 0 Å². The van der Waals surface area contributed by atoms with Crippen LogP contribution in [0.2, 0.25) is 0 Å². The summed E-state index contributed by atoms with van der Waals surface area (Å²) in [7, 11) is 0. The second-order valence-corrected chi connectivity index (χ2v) is 5.43. The molecule has 0 bridgehead atoms. The Morgan fingerprint density at radius 3 is 2.73 bits per heavy atom. The van der Waals surface area contributed by atoms with Gasteiger partial charge >= 0.3 is 0 Å². The molecule has 0 aromatic heterocycles. The van der Waals surface area contributed by atoms with Crippen LogP contribution in [0.15, 0.2) is 0 Å². The normalized spacial score (nSPS) is 43.4. The summed E-state index contributed by atoms with van der Waals surface area (Å²) >= 11 is 0. The lowest BCUT2D eigenvalue weighted by atomic mass is 9.92. The van der Waals surface area contributed by atoms with Crippen LogP contribution in [-0.2, 0) is 4.74 Å². The van der Waals surface area contributed by atoms with Gasteiger partial charge in [-0.15, -0.1) is 0 Å². The molecule has 2 aliphatic heterocycles. The highest BCUT2D eigenvalue weighted by atomic mass is 16.5. The number of piperidine rings is 1. The van der Waals surface area contributed by atoms with Crippen LogP contribution in [0.4, 0.5) is 0 Å². The van der Waals surface area contributed by atoms with Gasteiger partial charge in [0.2, 0.25) is 0 Å². The van der Waals surface area contributed by atoms with Gasteiger partial charge in [0.1, 0.15) is 0 Å². The van der Waals surface area contributed by atoms with Crippen LogP contribution >= 0.6 is 0 Å². The lowest BCUT2D eigenvalue weighted by molar-refractivity contribution is 0.101. The van der Waals surface area contributed by atoms with Crippen LogP contribution in [0.1, 0.15) is 26.7 Å². The highest BCUT2D eigenvalue weighted by molar-refractivity contribution is 4.84. The Labute approximate surface area is 93.0 Å².